The molecule has 0 bridgehead atoms. The first-order valence-electron chi connectivity index (χ1n) is 8.98. The monoisotopic (exact) mass is 439 g/mol. The fourth-order valence-corrected chi connectivity index (χ4v) is 4.77. The van der Waals surface area contributed by atoms with E-state index in [2.05, 4.69) is 15.3 Å². The zero-order valence-corrected chi connectivity index (χ0v) is 17.7. The fraction of sp³-hybridized carbons (Fsp3) is 0.150. The molecule has 0 aliphatic rings. The van der Waals surface area contributed by atoms with Gasteiger partial charge >= 0.3 is 0 Å². The minimum absolute atomic E-state index is 0.292. The molecule has 0 fully saturated rings. The van der Waals surface area contributed by atoms with Crippen molar-refractivity contribution in [1.29, 1.82) is 0 Å². The molecule has 1 atom stereocenters. The lowest BCUT2D eigenvalue weighted by Gasteiger charge is -2.13. The molecular formula is C20H17N5O3S2. The molecule has 0 saturated carbocycles. The first-order valence-corrected chi connectivity index (χ1v) is 10.7. The Kier molecular flexibility index (Phi) is 5.18. The van der Waals surface area contributed by atoms with Crippen molar-refractivity contribution in [3.8, 4) is 11.3 Å². The maximum absolute atomic E-state index is 13.0. The van der Waals surface area contributed by atoms with Crippen LogP contribution in [0.25, 0.3) is 21.5 Å². The van der Waals surface area contributed by atoms with E-state index in [9.17, 15) is 14.4 Å². The second-order valence-electron chi connectivity index (χ2n) is 6.63. The van der Waals surface area contributed by atoms with E-state index < -0.39 is 23.4 Å². The second kappa shape index (κ2) is 7.81. The van der Waals surface area contributed by atoms with Crippen LogP contribution < -0.4 is 16.6 Å². The quantitative estimate of drug-likeness (QED) is 0.495. The Morgan fingerprint density at radius 2 is 1.97 bits per heavy atom. The maximum atomic E-state index is 13.0. The Labute approximate surface area is 179 Å². The van der Waals surface area contributed by atoms with Gasteiger partial charge in [-0.3, -0.25) is 19.0 Å². The van der Waals surface area contributed by atoms with Crippen LogP contribution in [0.5, 0.6) is 0 Å². The number of hydrogen-bond acceptors (Lipinski definition) is 7. The molecule has 30 heavy (non-hydrogen) atoms. The smallest absolute Gasteiger partial charge is 0.263 e. The van der Waals surface area contributed by atoms with E-state index >= 15 is 0 Å². The maximum Gasteiger partial charge on any atom is 0.263 e. The molecule has 3 heterocycles. The zero-order valence-electron chi connectivity index (χ0n) is 16.1. The molecular weight excluding hydrogens is 422 g/mol. The molecule has 3 aromatic heterocycles. The van der Waals surface area contributed by atoms with Gasteiger partial charge in [0, 0.05) is 10.9 Å². The lowest BCUT2D eigenvalue weighted by molar-refractivity contribution is -0.118. The number of primary amides is 1. The molecule has 0 radical (unpaired) electrons. The second-order valence-corrected chi connectivity index (χ2v) is 8.48. The topological polar surface area (TPSA) is 120 Å². The van der Waals surface area contributed by atoms with Crippen molar-refractivity contribution in [2.24, 2.45) is 5.73 Å². The van der Waals surface area contributed by atoms with Crippen LogP contribution in [-0.4, -0.2) is 26.3 Å². The predicted molar refractivity (Wildman–Crippen MR) is 118 cm³/mol. The highest BCUT2D eigenvalue weighted by Gasteiger charge is 2.22. The minimum atomic E-state index is -0.824. The van der Waals surface area contributed by atoms with Crippen LogP contribution in [0.2, 0.25) is 0 Å². The van der Waals surface area contributed by atoms with Gasteiger partial charge in [0.05, 0.1) is 22.3 Å². The van der Waals surface area contributed by atoms with Crippen molar-refractivity contribution in [3.05, 3.63) is 62.8 Å². The average molecular weight is 440 g/mol. The van der Waals surface area contributed by atoms with E-state index in [1.165, 1.54) is 22.2 Å². The van der Waals surface area contributed by atoms with Crippen LogP contribution in [0.3, 0.4) is 0 Å². The summed E-state index contributed by atoms with van der Waals surface area (Å²) < 4.78 is 1.24. The number of nitrogens with two attached hydrogens (primary N) is 1. The van der Waals surface area contributed by atoms with Crippen LogP contribution in [0.15, 0.2) is 46.8 Å². The third-order valence-electron chi connectivity index (χ3n) is 4.70. The molecule has 4 aromatic rings. The van der Waals surface area contributed by atoms with Crippen LogP contribution in [0, 0.1) is 6.92 Å². The number of nitrogens with one attached hydrogen (secondary N) is 1. The summed E-state index contributed by atoms with van der Waals surface area (Å²) in [6, 6.07) is 8.81. The molecule has 4 rings (SSSR count). The fourth-order valence-electron chi connectivity index (χ4n) is 3.06. The normalized spacial score (nSPS) is 12.1. The van der Waals surface area contributed by atoms with Gasteiger partial charge in [0.25, 0.3) is 11.5 Å². The van der Waals surface area contributed by atoms with Gasteiger partial charge in [0.1, 0.15) is 10.9 Å². The molecule has 3 N–H and O–H groups in total. The molecule has 8 nitrogen and oxygen atoms in total. The van der Waals surface area contributed by atoms with Gasteiger partial charge in [-0.15, -0.1) is 22.7 Å². The number of aromatic nitrogens is 3. The largest absolute Gasteiger partial charge is 0.365 e. The van der Waals surface area contributed by atoms with Crippen molar-refractivity contribution >= 4 is 49.8 Å². The van der Waals surface area contributed by atoms with Crippen LogP contribution in [0.4, 0.5) is 5.13 Å². The number of amides is 2. The number of aryl methyl sites for hydroxylation is 1. The predicted octanol–water partition coefficient (Wildman–Crippen LogP) is 3.19. The molecule has 0 saturated heterocycles. The number of benzene rings is 1. The number of anilines is 1. The van der Waals surface area contributed by atoms with Gasteiger partial charge in [-0.05, 0) is 19.4 Å². The Balaban J connectivity index is 1.60. The standard InChI is InChI=1S/C20H17N5O3S2/c1-10-14-18(30-15(10)16(21)26)22-9-25(19(14)28)11(2)17(27)24-20-23-13(8-29-20)12-6-4-3-5-7-12/h3-9,11H,1-2H3,(H2,21,26)(H,23,24,27). The summed E-state index contributed by atoms with van der Waals surface area (Å²) in [4.78, 5) is 46.7. The van der Waals surface area contributed by atoms with Crippen LogP contribution in [-0.2, 0) is 4.79 Å². The van der Waals surface area contributed by atoms with Crippen molar-refractivity contribution in [2.75, 3.05) is 5.32 Å². The Hall–Kier alpha value is -3.37. The van der Waals surface area contributed by atoms with E-state index in [0.717, 1.165) is 22.6 Å². The lowest BCUT2D eigenvalue weighted by Crippen LogP contribution is -2.31. The average Bonchev–Trinajstić information content (AvgIpc) is 3.33. The summed E-state index contributed by atoms with van der Waals surface area (Å²) in [5, 5.41) is 5.35. The number of nitrogens with zero attached hydrogens (tertiary/aromatic N) is 3. The Bertz CT molecular complexity index is 1320. The molecule has 1 aromatic carbocycles. The van der Waals surface area contributed by atoms with Crippen LogP contribution in [0.1, 0.15) is 28.2 Å². The SMILES string of the molecule is Cc1c(C(N)=O)sc2ncn(C(C)C(=O)Nc3nc(-c4ccccc4)cs3)c(=O)c12. The van der Waals surface area contributed by atoms with E-state index in [1.54, 1.807) is 13.8 Å². The van der Waals surface area contributed by atoms with E-state index in [0.29, 0.717) is 25.8 Å². The number of carbonyl (C=O) groups is 2. The highest BCUT2D eigenvalue weighted by Crippen LogP contribution is 2.27. The number of carbonyl (C=O) groups excluding carboxylic acids is 2. The summed E-state index contributed by atoms with van der Waals surface area (Å²) in [5.41, 5.74) is 7.17. The number of hydrogen-bond donors (Lipinski definition) is 2. The van der Waals surface area contributed by atoms with Crippen molar-refractivity contribution in [3.63, 3.8) is 0 Å². The molecule has 0 aliphatic carbocycles. The van der Waals surface area contributed by atoms with E-state index in [4.69, 9.17) is 5.73 Å². The lowest BCUT2D eigenvalue weighted by atomic mass is 10.2. The Morgan fingerprint density at radius 3 is 2.67 bits per heavy atom. The summed E-state index contributed by atoms with van der Waals surface area (Å²) in [6.07, 6.45) is 1.31. The van der Waals surface area contributed by atoms with Crippen LogP contribution >= 0.6 is 22.7 Å². The summed E-state index contributed by atoms with van der Waals surface area (Å²) in [5.74, 6) is -1.000. The first-order chi connectivity index (χ1) is 14.4. The first kappa shape index (κ1) is 19.9. The van der Waals surface area contributed by atoms with Gasteiger partial charge in [-0.2, -0.15) is 0 Å². The van der Waals surface area contributed by atoms with Crippen molar-refractivity contribution in [2.45, 2.75) is 19.9 Å². The number of fused-ring (bicyclic) bond motifs is 1. The number of rotatable bonds is 5. The number of thiophene rings is 1. The molecule has 0 aliphatic heterocycles. The highest BCUT2D eigenvalue weighted by atomic mass is 32.1. The molecule has 152 valence electrons. The van der Waals surface area contributed by atoms with Crippen molar-refractivity contribution in [1.82, 2.24) is 14.5 Å². The van der Waals surface area contributed by atoms with Gasteiger partial charge in [-0.25, -0.2) is 9.97 Å². The van der Waals surface area contributed by atoms with Gasteiger partial charge in [0.2, 0.25) is 5.91 Å². The summed E-state index contributed by atoms with van der Waals surface area (Å²) >= 11 is 2.38. The number of thiazole rings is 1. The zero-order chi connectivity index (χ0) is 21.4. The summed E-state index contributed by atoms with van der Waals surface area (Å²) in [6.45, 7) is 3.25. The van der Waals surface area contributed by atoms with Gasteiger partial charge in [-0.1, -0.05) is 30.3 Å². The molecule has 0 spiro atoms. The highest BCUT2D eigenvalue weighted by molar-refractivity contribution is 7.20. The Morgan fingerprint density at radius 1 is 1.23 bits per heavy atom. The third kappa shape index (κ3) is 3.51. The van der Waals surface area contributed by atoms with Gasteiger partial charge < -0.3 is 11.1 Å². The van der Waals surface area contributed by atoms with Gasteiger partial charge in [0.15, 0.2) is 5.13 Å². The third-order valence-corrected chi connectivity index (χ3v) is 6.67. The van der Waals surface area contributed by atoms with Crippen molar-refractivity contribution < 1.29 is 9.59 Å². The summed E-state index contributed by atoms with van der Waals surface area (Å²) in [7, 11) is 0. The molecule has 1 unspecified atom stereocenters. The minimum Gasteiger partial charge on any atom is -0.365 e. The molecule has 2 amide bonds. The molecule has 10 heteroatoms. The van der Waals surface area contributed by atoms with E-state index in [1.807, 2.05) is 35.7 Å². The van der Waals surface area contributed by atoms with E-state index in [-0.39, 0.29) is 0 Å².